The maximum Gasteiger partial charge on any atom is 0.167 e. The minimum Gasteiger partial charge on any atom is -0.456 e. The van der Waals surface area contributed by atoms with Gasteiger partial charge in [-0.1, -0.05) is 109 Å². The summed E-state index contributed by atoms with van der Waals surface area (Å²) in [5.74, 6) is 1.65. The van der Waals surface area contributed by atoms with Crippen LogP contribution in [0.5, 0.6) is 0 Å². The molecule has 0 atom stereocenters. The zero-order valence-corrected chi connectivity index (χ0v) is 27.0. The van der Waals surface area contributed by atoms with E-state index in [4.69, 9.17) is 28.2 Å². The molecular formula is C45H25N3O3. The first-order valence-corrected chi connectivity index (χ1v) is 16.8. The molecule has 0 aliphatic heterocycles. The number of benzene rings is 7. The predicted molar refractivity (Wildman–Crippen MR) is 203 cm³/mol. The van der Waals surface area contributed by atoms with Crippen molar-refractivity contribution in [2.24, 2.45) is 0 Å². The second-order valence-electron chi connectivity index (χ2n) is 12.8. The molecule has 0 radical (unpaired) electrons. The number of nitrogens with zero attached hydrogens (tertiary/aromatic N) is 3. The lowest BCUT2D eigenvalue weighted by molar-refractivity contribution is 0.668. The molecule has 0 aliphatic rings. The maximum atomic E-state index is 6.83. The Morgan fingerprint density at radius 1 is 0.294 bits per heavy atom. The molecule has 0 amide bonds. The number of para-hydroxylation sites is 4. The van der Waals surface area contributed by atoms with E-state index in [0.717, 1.165) is 88.0 Å². The molecule has 0 fully saturated rings. The number of rotatable bonds is 4. The van der Waals surface area contributed by atoms with Gasteiger partial charge in [0, 0.05) is 49.0 Å². The number of hydrogen-bond donors (Lipinski definition) is 0. The molecule has 0 saturated carbocycles. The van der Waals surface area contributed by atoms with Gasteiger partial charge in [-0.05, 0) is 48.0 Å². The molecule has 7 aromatic carbocycles. The van der Waals surface area contributed by atoms with Crippen molar-refractivity contribution in [3.63, 3.8) is 0 Å². The van der Waals surface area contributed by atoms with E-state index >= 15 is 0 Å². The molecule has 238 valence electrons. The Bertz CT molecular complexity index is 3150. The molecule has 51 heavy (non-hydrogen) atoms. The minimum atomic E-state index is 0.526. The minimum absolute atomic E-state index is 0.526. The monoisotopic (exact) mass is 655 g/mol. The average Bonchev–Trinajstić information content (AvgIpc) is 3.88. The van der Waals surface area contributed by atoms with Gasteiger partial charge in [0.2, 0.25) is 0 Å². The van der Waals surface area contributed by atoms with Crippen LogP contribution in [0, 0.1) is 0 Å². The van der Waals surface area contributed by atoms with Crippen molar-refractivity contribution in [1.29, 1.82) is 0 Å². The fourth-order valence-electron chi connectivity index (χ4n) is 7.32. The van der Waals surface area contributed by atoms with Crippen molar-refractivity contribution in [2.45, 2.75) is 0 Å². The number of aromatic nitrogens is 3. The third-order valence-electron chi connectivity index (χ3n) is 9.76. The third kappa shape index (κ3) is 4.33. The first-order valence-electron chi connectivity index (χ1n) is 16.8. The molecule has 6 heteroatoms. The summed E-state index contributed by atoms with van der Waals surface area (Å²) >= 11 is 0. The van der Waals surface area contributed by atoms with Crippen molar-refractivity contribution in [3.8, 4) is 45.3 Å². The summed E-state index contributed by atoms with van der Waals surface area (Å²) < 4.78 is 19.3. The highest BCUT2D eigenvalue weighted by molar-refractivity contribution is 6.13. The molecular weight excluding hydrogens is 631 g/mol. The Labute approximate surface area is 290 Å². The second kappa shape index (κ2) is 10.7. The van der Waals surface area contributed by atoms with Crippen molar-refractivity contribution < 1.29 is 13.3 Å². The lowest BCUT2D eigenvalue weighted by Crippen LogP contribution is -2.00. The first kappa shape index (κ1) is 27.9. The average molecular weight is 656 g/mol. The van der Waals surface area contributed by atoms with E-state index < -0.39 is 0 Å². The van der Waals surface area contributed by atoms with Crippen LogP contribution in [0.15, 0.2) is 165 Å². The molecule has 0 N–H and O–H groups in total. The van der Waals surface area contributed by atoms with E-state index in [1.807, 2.05) is 91.0 Å². The molecule has 0 spiro atoms. The van der Waals surface area contributed by atoms with E-state index in [9.17, 15) is 0 Å². The summed E-state index contributed by atoms with van der Waals surface area (Å²) in [5, 5.41) is 6.33. The molecule has 4 heterocycles. The summed E-state index contributed by atoms with van der Waals surface area (Å²) in [6, 6.07) is 51.1. The van der Waals surface area contributed by atoms with Gasteiger partial charge in [0.15, 0.2) is 17.5 Å². The number of fused-ring (bicyclic) bond motifs is 9. The van der Waals surface area contributed by atoms with Gasteiger partial charge in [-0.2, -0.15) is 0 Å². The van der Waals surface area contributed by atoms with Gasteiger partial charge in [-0.3, -0.25) is 0 Å². The zero-order valence-electron chi connectivity index (χ0n) is 27.0. The van der Waals surface area contributed by atoms with Gasteiger partial charge in [0.05, 0.1) is 5.56 Å². The summed E-state index contributed by atoms with van der Waals surface area (Å²) in [5.41, 5.74) is 9.37. The molecule has 6 nitrogen and oxygen atoms in total. The van der Waals surface area contributed by atoms with Gasteiger partial charge >= 0.3 is 0 Å². The van der Waals surface area contributed by atoms with Gasteiger partial charge in [0.25, 0.3) is 0 Å². The zero-order chi connectivity index (χ0) is 33.5. The van der Waals surface area contributed by atoms with Crippen LogP contribution in [0.25, 0.3) is 111 Å². The Morgan fingerprint density at radius 3 is 1.47 bits per heavy atom. The third-order valence-corrected chi connectivity index (χ3v) is 9.76. The highest BCUT2D eigenvalue weighted by Gasteiger charge is 2.20. The lowest BCUT2D eigenvalue weighted by Gasteiger charge is -2.09. The molecule has 4 aromatic heterocycles. The van der Waals surface area contributed by atoms with E-state index in [-0.39, 0.29) is 0 Å². The van der Waals surface area contributed by atoms with Crippen LogP contribution in [0.3, 0.4) is 0 Å². The molecule has 11 aromatic rings. The maximum absolute atomic E-state index is 6.83. The van der Waals surface area contributed by atoms with E-state index in [1.165, 1.54) is 0 Å². The van der Waals surface area contributed by atoms with E-state index in [1.54, 1.807) is 0 Å². The van der Waals surface area contributed by atoms with Crippen LogP contribution in [0.2, 0.25) is 0 Å². The van der Waals surface area contributed by atoms with Crippen molar-refractivity contribution >= 4 is 65.8 Å². The highest BCUT2D eigenvalue weighted by atomic mass is 16.3. The second-order valence-corrected chi connectivity index (χ2v) is 12.8. The van der Waals surface area contributed by atoms with Crippen molar-refractivity contribution in [3.05, 3.63) is 152 Å². The largest absolute Gasteiger partial charge is 0.456 e. The molecule has 11 rings (SSSR count). The Morgan fingerprint density at radius 2 is 0.784 bits per heavy atom. The molecule has 0 saturated heterocycles. The van der Waals surface area contributed by atoms with Crippen LogP contribution in [-0.4, -0.2) is 15.0 Å². The topological polar surface area (TPSA) is 78.1 Å². The molecule has 0 unspecified atom stereocenters. The van der Waals surface area contributed by atoms with E-state index in [0.29, 0.717) is 23.1 Å². The van der Waals surface area contributed by atoms with Crippen molar-refractivity contribution in [1.82, 2.24) is 15.0 Å². The van der Waals surface area contributed by atoms with Crippen LogP contribution >= 0.6 is 0 Å². The number of furan rings is 3. The summed E-state index contributed by atoms with van der Waals surface area (Å²) in [4.78, 5) is 15.1. The predicted octanol–water partition coefficient (Wildman–Crippen LogP) is 12.2. The normalized spacial score (nSPS) is 11.9. The Hall–Kier alpha value is -7.05. The van der Waals surface area contributed by atoms with Gasteiger partial charge in [-0.15, -0.1) is 0 Å². The van der Waals surface area contributed by atoms with E-state index in [2.05, 4.69) is 60.7 Å². The summed E-state index contributed by atoms with van der Waals surface area (Å²) in [6.07, 6.45) is 0. The van der Waals surface area contributed by atoms with Gasteiger partial charge in [0.1, 0.15) is 33.5 Å². The Kier molecular flexibility index (Phi) is 5.86. The highest BCUT2D eigenvalue weighted by Crippen LogP contribution is 2.41. The fraction of sp³-hybridized carbons (Fsp3) is 0. The fourth-order valence-corrected chi connectivity index (χ4v) is 7.32. The van der Waals surface area contributed by atoms with Gasteiger partial charge < -0.3 is 13.3 Å². The summed E-state index contributed by atoms with van der Waals surface area (Å²) in [6.45, 7) is 0. The van der Waals surface area contributed by atoms with Crippen LogP contribution in [-0.2, 0) is 0 Å². The quantitative estimate of drug-likeness (QED) is 0.188. The molecule has 0 aliphatic carbocycles. The van der Waals surface area contributed by atoms with Crippen LogP contribution in [0.1, 0.15) is 0 Å². The first-order chi connectivity index (χ1) is 25.2. The van der Waals surface area contributed by atoms with Gasteiger partial charge in [-0.25, -0.2) is 15.0 Å². The lowest BCUT2D eigenvalue weighted by atomic mass is 10.0. The standard InChI is InChI=1S/C45H25N3O3/c1-2-10-26(11-3-1)43-46-44(28-21-23-33-31-13-5-7-19-38(31)50-40(33)25-28)48-45(47-43)36-17-9-16-35-34-15-8-14-29(41(34)51-42(35)36)27-20-22-32-30-12-4-6-18-37(30)49-39(32)24-27/h1-25H. The van der Waals surface area contributed by atoms with Crippen LogP contribution < -0.4 is 0 Å². The Balaban J connectivity index is 1.10. The SMILES string of the molecule is c1ccc(-c2nc(-c3ccc4c(c3)oc3ccccc34)nc(-c3cccc4c3oc3c(-c5ccc6c(c5)oc5ccccc56)cccc34)n2)cc1. The van der Waals surface area contributed by atoms with Crippen molar-refractivity contribution in [2.75, 3.05) is 0 Å². The molecule has 0 bridgehead atoms. The smallest absolute Gasteiger partial charge is 0.167 e. The number of hydrogen-bond acceptors (Lipinski definition) is 6. The van der Waals surface area contributed by atoms with Crippen LogP contribution in [0.4, 0.5) is 0 Å². The summed E-state index contributed by atoms with van der Waals surface area (Å²) in [7, 11) is 0.